The number of carbonyl (C=O) groups excluding carboxylic acids is 2. The number of aliphatic imine (C=N–C) groups is 2. The highest BCUT2D eigenvalue weighted by molar-refractivity contribution is 5.36. The van der Waals surface area contributed by atoms with Crippen LogP contribution in [0.3, 0.4) is 0 Å². The fourth-order valence-corrected chi connectivity index (χ4v) is 3.63. The summed E-state index contributed by atoms with van der Waals surface area (Å²) in [5.41, 5.74) is 0.434. The van der Waals surface area contributed by atoms with Crippen LogP contribution in [0.2, 0.25) is 0 Å². The monoisotopic (exact) mass is 264 g/mol. The quantitative estimate of drug-likeness (QED) is 0.543. The van der Waals surface area contributed by atoms with E-state index >= 15 is 0 Å². The predicted octanol–water partition coefficient (Wildman–Crippen LogP) is 3.62. The van der Waals surface area contributed by atoms with Crippen LogP contribution in [-0.2, 0) is 9.59 Å². The first-order valence-electron chi connectivity index (χ1n) is 7.11. The second kappa shape index (κ2) is 7.37. The van der Waals surface area contributed by atoms with Crippen molar-refractivity contribution in [3.63, 3.8) is 0 Å². The summed E-state index contributed by atoms with van der Waals surface area (Å²) in [5.74, 6) is 1.52. The Kier molecular flexibility index (Phi) is 6.14. The van der Waals surface area contributed by atoms with Crippen molar-refractivity contribution in [1.29, 1.82) is 0 Å². The maximum absolute atomic E-state index is 10.2. The molecule has 1 fully saturated rings. The third-order valence-corrected chi connectivity index (χ3v) is 3.96. The molecule has 1 aliphatic rings. The van der Waals surface area contributed by atoms with E-state index in [0.717, 1.165) is 24.7 Å². The standard InChI is InChI=1S/C15H24N2O2/c1-12-7-13(9-15(2,3)8-12)5-4-6-14(16-10-18)17-11-19/h12-14H,4-9H2,1-3H3. The van der Waals surface area contributed by atoms with Crippen LogP contribution >= 0.6 is 0 Å². The maximum atomic E-state index is 10.2. The second-order valence-corrected chi connectivity index (χ2v) is 6.63. The van der Waals surface area contributed by atoms with Crippen molar-refractivity contribution >= 4 is 12.2 Å². The van der Waals surface area contributed by atoms with Crippen molar-refractivity contribution in [3.05, 3.63) is 0 Å². The molecule has 2 atom stereocenters. The highest BCUT2D eigenvalue weighted by Gasteiger charge is 2.31. The van der Waals surface area contributed by atoms with Gasteiger partial charge in [-0.25, -0.2) is 9.59 Å². The number of rotatable bonds is 6. The molecular formula is C15H24N2O2. The Morgan fingerprint density at radius 3 is 2.37 bits per heavy atom. The lowest BCUT2D eigenvalue weighted by Crippen LogP contribution is -2.27. The first-order chi connectivity index (χ1) is 8.96. The fourth-order valence-electron chi connectivity index (χ4n) is 3.63. The fraction of sp³-hybridized carbons (Fsp3) is 0.867. The minimum Gasteiger partial charge on any atom is -0.211 e. The van der Waals surface area contributed by atoms with Gasteiger partial charge in [-0.05, 0) is 49.4 Å². The zero-order valence-corrected chi connectivity index (χ0v) is 12.2. The van der Waals surface area contributed by atoms with Gasteiger partial charge in [-0.3, -0.25) is 0 Å². The summed E-state index contributed by atoms with van der Waals surface area (Å²) in [6.07, 6.45) is 8.88. The normalized spacial score (nSPS) is 26.9. The Labute approximate surface area is 115 Å². The SMILES string of the molecule is CC1CC(CCCC(N=C=O)N=C=O)CC(C)(C)C1. The summed E-state index contributed by atoms with van der Waals surface area (Å²) in [5, 5.41) is 0. The van der Waals surface area contributed by atoms with Gasteiger partial charge in [0.05, 0.1) is 0 Å². The van der Waals surface area contributed by atoms with Gasteiger partial charge in [-0.15, -0.1) is 0 Å². The molecule has 0 saturated heterocycles. The molecule has 1 rings (SSSR count). The van der Waals surface area contributed by atoms with Gasteiger partial charge in [-0.2, -0.15) is 9.98 Å². The van der Waals surface area contributed by atoms with Gasteiger partial charge in [0.1, 0.15) is 0 Å². The van der Waals surface area contributed by atoms with Gasteiger partial charge in [0.25, 0.3) is 0 Å². The van der Waals surface area contributed by atoms with Gasteiger partial charge < -0.3 is 0 Å². The molecule has 19 heavy (non-hydrogen) atoms. The molecule has 0 bridgehead atoms. The molecule has 0 aromatic rings. The summed E-state index contributed by atoms with van der Waals surface area (Å²) in [6, 6.07) is 0. The highest BCUT2D eigenvalue weighted by atomic mass is 16.1. The van der Waals surface area contributed by atoms with E-state index in [1.807, 2.05) is 0 Å². The Morgan fingerprint density at radius 1 is 1.21 bits per heavy atom. The molecule has 0 aliphatic heterocycles. The van der Waals surface area contributed by atoms with Crippen LogP contribution in [-0.4, -0.2) is 18.3 Å². The Balaban J connectivity index is 2.39. The molecule has 4 nitrogen and oxygen atoms in total. The van der Waals surface area contributed by atoms with Crippen molar-refractivity contribution in [2.75, 3.05) is 0 Å². The summed E-state index contributed by atoms with van der Waals surface area (Å²) in [6.45, 7) is 7.00. The summed E-state index contributed by atoms with van der Waals surface area (Å²) in [7, 11) is 0. The van der Waals surface area contributed by atoms with E-state index in [9.17, 15) is 9.59 Å². The molecule has 106 valence electrons. The highest BCUT2D eigenvalue weighted by Crippen LogP contribution is 2.43. The minimum atomic E-state index is -0.580. The average molecular weight is 264 g/mol. The molecule has 1 aliphatic carbocycles. The van der Waals surface area contributed by atoms with Gasteiger partial charge in [-0.1, -0.05) is 27.2 Å². The van der Waals surface area contributed by atoms with Gasteiger partial charge in [0, 0.05) is 0 Å². The largest absolute Gasteiger partial charge is 0.237 e. The Hall–Kier alpha value is -1.24. The first kappa shape index (κ1) is 15.8. The van der Waals surface area contributed by atoms with Gasteiger partial charge >= 0.3 is 0 Å². The van der Waals surface area contributed by atoms with Gasteiger partial charge in [0.15, 0.2) is 6.17 Å². The molecule has 0 N–H and O–H groups in total. The zero-order valence-electron chi connectivity index (χ0n) is 12.2. The van der Waals surface area contributed by atoms with Crippen molar-refractivity contribution in [2.45, 2.75) is 65.5 Å². The Bertz CT molecular complexity index is 362. The average Bonchev–Trinajstić information content (AvgIpc) is 2.26. The topological polar surface area (TPSA) is 58.9 Å². The molecular weight excluding hydrogens is 240 g/mol. The number of isocyanates is 2. The molecule has 0 spiro atoms. The number of hydrogen-bond acceptors (Lipinski definition) is 4. The third-order valence-electron chi connectivity index (χ3n) is 3.96. The lowest BCUT2D eigenvalue weighted by Gasteiger charge is -2.39. The number of hydrogen-bond donors (Lipinski definition) is 0. The molecule has 1 saturated carbocycles. The lowest BCUT2D eigenvalue weighted by atomic mass is 9.67. The van der Waals surface area contributed by atoms with Crippen LogP contribution in [0.5, 0.6) is 0 Å². The summed E-state index contributed by atoms with van der Waals surface area (Å²) < 4.78 is 0. The van der Waals surface area contributed by atoms with Crippen molar-refractivity contribution in [3.8, 4) is 0 Å². The molecule has 0 aromatic heterocycles. The third kappa shape index (κ3) is 5.96. The van der Waals surface area contributed by atoms with E-state index in [0.29, 0.717) is 11.8 Å². The maximum Gasteiger partial charge on any atom is 0.237 e. The molecule has 0 radical (unpaired) electrons. The molecule has 0 aromatic carbocycles. The van der Waals surface area contributed by atoms with Crippen LogP contribution < -0.4 is 0 Å². The molecule has 4 heteroatoms. The van der Waals surface area contributed by atoms with Crippen molar-refractivity contribution in [1.82, 2.24) is 0 Å². The molecule has 2 unspecified atom stereocenters. The van der Waals surface area contributed by atoms with Crippen molar-refractivity contribution < 1.29 is 9.59 Å². The predicted molar refractivity (Wildman–Crippen MR) is 74.2 cm³/mol. The van der Waals surface area contributed by atoms with E-state index in [1.165, 1.54) is 31.4 Å². The van der Waals surface area contributed by atoms with E-state index in [4.69, 9.17) is 0 Å². The Morgan fingerprint density at radius 2 is 1.84 bits per heavy atom. The first-order valence-corrected chi connectivity index (χ1v) is 7.11. The zero-order chi connectivity index (χ0) is 14.3. The van der Waals surface area contributed by atoms with Crippen LogP contribution in [0.1, 0.15) is 59.3 Å². The minimum absolute atomic E-state index is 0.434. The smallest absolute Gasteiger partial charge is 0.211 e. The summed E-state index contributed by atoms with van der Waals surface area (Å²) >= 11 is 0. The van der Waals surface area contributed by atoms with Crippen molar-refractivity contribution in [2.24, 2.45) is 27.2 Å². The van der Waals surface area contributed by atoms with Crippen LogP contribution in [0.15, 0.2) is 9.98 Å². The van der Waals surface area contributed by atoms with E-state index in [1.54, 1.807) is 0 Å². The van der Waals surface area contributed by atoms with Crippen LogP contribution in [0.25, 0.3) is 0 Å². The summed E-state index contributed by atoms with van der Waals surface area (Å²) in [4.78, 5) is 27.4. The van der Waals surface area contributed by atoms with E-state index in [2.05, 4.69) is 30.8 Å². The van der Waals surface area contributed by atoms with Crippen LogP contribution in [0, 0.1) is 17.3 Å². The van der Waals surface area contributed by atoms with E-state index < -0.39 is 6.17 Å². The van der Waals surface area contributed by atoms with Crippen LogP contribution in [0.4, 0.5) is 0 Å². The second-order valence-electron chi connectivity index (χ2n) is 6.63. The number of nitrogens with zero attached hydrogens (tertiary/aromatic N) is 2. The molecule has 0 amide bonds. The lowest BCUT2D eigenvalue weighted by molar-refractivity contribution is 0.125. The van der Waals surface area contributed by atoms with E-state index in [-0.39, 0.29) is 0 Å². The van der Waals surface area contributed by atoms with Gasteiger partial charge in [0.2, 0.25) is 12.2 Å². The molecule has 0 heterocycles.